The summed E-state index contributed by atoms with van der Waals surface area (Å²) in [4.78, 5) is 4.07. The van der Waals surface area contributed by atoms with Gasteiger partial charge in [-0.1, -0.05) is 6.07 Å². The lowest BCUT2D eigenvalue weighted by Gasteiger charge is -2.16. The summed E-state index contributed by atoms with van der Waals surface area (Å²) in [6, 6.07) is 3.77. The van der Waals surface area contributed by atoms with Crippen LogP contribution < -0.4 is 0 Å². The Hall–Kier alpha value is -0.160. The molecule has 0 radical (unpaired) electrons. The van der Waals surface area contributed by atoms with Crippen molar-refractivity contribution in [2.75, 3.05) is 0 Å². The van der Waals surface area contributed by atoms with Gasteiger partial charge >= 0.3 is 0 Å². The molecule has 1 aromatic rings. The van der Waals surface area contributed by atoms with Crippen LogP contribution in [-0.4, -0.2) is 10.1 Å². The van der Waals surface area contributed by atoms with Crippen molar-refractivity contribution in [3.63, 3.8) is 0 Å². The van der Waals surface area contributed by atoms with Crippen LogP contribution >= 0.6 is 22.6 Å². The van der Waals surface area contributed by atoms with E-state index in [9.17, 15) is 5.11 Å². The number of halogens is 1. The van der Waals surface area contributed by atoms with Crippen molar-refractivity contribution in [3.8, 4) is 0 Å². The molecule has 0 spiro atoms. The van der Waals surface area contributed by atoms with Crippen LogP contribution in [0, 0.1) is 3.70 Å². The Morgan fingerprint density at radius 3 is 2.45 bits per heavy atom. The highest BCUT2D eigenvalue weighted by atomic mass is 127. The maximum Gasteiger partial charge on any atom is 0.101 e. The molecule has 1 heterocycles. The van der Waals surface area contributed by atoms with Crippen molar-refractivity contribution in [1.82, 2.24) is 4.98 Å². The van der Waals surface area contributed by atoms with E-state index in [0.717, 1.165) is 9.26 Å². The second kappa shape index (κ2) is 3.06. The van der Waals surface area contributed by atoms with Crippen molar-refractivity contribution in [2.24, 2.45) is 0 Å². The standard InChI is InChI=1S/C8H10INO/c1-8(2,11)6-3-4-7(9)10-5-6/h3-5,11H,1-2H3. The van der Waals surface area contributed by atoms with Gasteiger partial charge in [0.25, 0.3) is 0 Å². The first-order chi connectivity index (χ1) is 5.00. The first-order valence-corrected chi connectivity index (χ1v) is 4.42. The monoisotopic (exact) mass is 263 g/mol. The van der Waals surface area contributed by atoms with Gasteiger partial charge in [0.1, 0.15) is 3.70 Å². The van der Waals surface area contributed by atoms with E-state index in [1.807, 2.05) is 12.1 Å². The number of hydrogen-bond donors (Lipinski definition) is 1. The Morgan fingerprint density at radius 1 is 1.45 bits per heavy atom. The molecule has 1 aromatic heterocycles. The quantitative estimate of drug-likeness (QED) is 0.620. The third-order valence-electron chi connectivity index (χ3n) is 1.43. The second-order valence-corrected chi connectivity index (χ2v) is 4.03. The average Bonchev–Trinajstić information content (AvgIpc) is 1.86. The Morgan fingerprint density at radius 2 is 2.09 bits per heavy atom. The highest BCUT2D eigenvalue weighted by molar-refractivity contribution is 14.1. The van der Waals surface area contributed by atoms with Crippen LogP contribution in [-0.2, 0) is 5.60 Å². The fraction of sp³-hybridized carbons (Fsp3) is 0.375. The van der Waals surface area contributed by atoms with Gasteiger partial charge in [0.05, 0.1) is 5.60 Å². The summed E-state index contributed by atoms with van der Waals surface area (Å²) in [5, 5.41) is 9.54. The lowest BCUT2D eigenvalue weighted by molar-refractivity contribution is 0.0782. The van der Waals surface area contributed by atoms with E-state index in [1.54, 1.807) is 20.0 Å². The van der Waals surface area contributed by atoms with E-state index in [2.05, 4.69) is 27.6 Å². The zero-order valence-electron chi connectivity index (χ0n) is 6.50. The summed E-state index contributed by atoms with van der Waals surface area (Å²) >= 11 is 2.13. The lowest BCUT2D eigenvalue weighted by atomic mass is 10.0. The molecule has 3 heteroatoms. The topological polar surface area (TPSA) is 33.1 Å². The summed E-state index contributed by atoms with van der Waals surface area (Å²) in [6.07, 6.45) is 1.70. The van der Waals surface area contributed by atoms with Gasteiger partial charge in [-0.15, -0.1) is 0 Å². The smallest absolute Gasteiger partial charge is 0.101 e. The first-order valence-electron chi connectivity index (χ1n) is 3.34. The van der Waals surface area contributed by atoms with E-state index in [-0.39, 0.29) is 0 Å². The van der Waals surface area contributed by atoms with Crippen molar-refractivity contribution in [1.29, 1.82) is 0 Å². The molecule has 0 saturated heterocycles. The SMILES string of the molecule is CC(C)(O)c1ccc(I)nc1. The van der Waals surface area contributed by atoms with E-state index in [0.29, 0.717) is 0 Å². The van der Waals surface area contributed by atoms with Crippen LogP contribution in [0.25, 0.3) is 0 Å². The Balaban J connectivity index is 2.99. The normalized spacial score (nSPS) is 11.6. The molecule has 0 unspecified atom stereocenters. The average molecular weight is 263 g/mol. The van der Waals surface area contributed by atoms with Crippen molar-refractivity contribution < 1.29 is 5.11 Å². The Kier molecular flexibility index (Phi) is 2.49. The molecule has 1 N–H and O–H groups in total. The summed E-state index contributed by atoms with van der Waals surface area (Å²) in [7, 11) is 0. The van der Waals surface area contributed by atoms with Gasteiger partial charge in [-0.25, -0.2) is 4.98 Å². The number of pyridine rings is 1. The number of rotatable bonds is 1. The number of hydrogen-bond acceptors (Lipinski definition) is 2. The zero-order chi connectivity index (χ0) is 8.48. The van der Waals surface area contributed by atoms with Crippen molar-refractivity contribution >= 4 is 22.6 Å². The molecule has 0 aromatic carbocycles. The fourth-order valence-electron chi connectivity index (χ4n) is 0.738. The van der Waals surface area contributed by atoms with Gasteiger partial charge < -0.3 is 5.11 Å². The second-order valence-electron chi connectivity index (χ2n) is 2.93. The van der Waals surface area contributed by atoms with Crippen LogP contribution in [0.3, 0.4) is 0 Å². The van der Waals surface area contributed by atoms with Gasteiger partial charge in [0.2, 0.25) is 0 Å². The highest BCUT2D eigenvalue weighted by Gasteiger charge is 2.15. The van der Waals surface area contributed by atoms with Crippen molar-refractivity contribution in [2.45, 2.75) is 19.4 Å². The molecule has 0 fully saturated rings. The number of aliphatic hydroxyl groups is 1. The van der Waals surface area contributed by atoms with Crippen LogP contribution in [0.15, 0.2) is 18.3 Å². The molecular formula is C8H10INO. The molecule has 0 aliphatic carbocycles. The predicted octanol–water partition coefficient (Wildman–Crippen LogP) is 1.91. The van der Waals surface area contributed by atoms with Gasteiger partial charge in [0, 0.05) is 11.8 Å². The van der Waals surface area contributed by atoms with E-state index in [1.165, 1.54) is 0 Å². The maximum atomic E-state index is 9.54. The van der Waals surface area contributed by atoms with Crippen LogP contribution in [0.2, 0.25) is 0 Å². The third-order valence-corrected chi connectivity index (χ3v) is 2.07. The van der Waals surface area contributed by atoms with Crippen molar-refractivity contribution in [3.05, 3.63) is 27.6 Å². The van der Waals surface area contributed by atoms with Crippen LogP contribution in [0.5, 0.6) is 0 Å². The molecule has 0 atom stereocenters. The van der Waals surface area contributed by atoms with Gasteiger partial charge in [-0.3, -0.25) is 0 Å². The summed E-state index contributed by atoms with van der Waals surface area (Å²) in [5.74, 6) is 0. The highest BCUT2D eigenvalue weighted by Crippen LogP contribution is 2.18. The lowest BCUT2D eigenvalue weighted by Crippen LogP contribution is -2.15. The molecule has 0 saturated carbocycles. The Bertz CT molecular complexity index is 237. The van der Waals surface area contributed by atoms with Crippen LogP contribution in [0.4, 0.5) is 0 Å². The maximum absolute atomic E-state index is 9.54. The van der Waals surface area contributed by atoms with E-state index < -0.39 is 5.60 Å². The molecule has 60 valence electrons. The minimum atomic E-state index is -0.780. The minimum absolute atomic E-state index is 0.780. The van der Waals surface area contributed by atoms with Gasteiger partial charge in [-0.05, 0) is 42.5 Å². The van der Waals surface area contributed by atoms with E-state index >= 15 is 0 Å². The largest absolute Gasteiger partial charge is 0.386 e. The fourth-order valence-corrected chi connectivity index (χ4v) is 1.06. The number of aromatic nitrogens is 1. The summed E-state index contributed by atoms with van der Waals surface area (Å²) in [5.41, 5.74) is 0.0649. The molecule has 0 aliphatic rings. The van der Waals surface area contributed by atoms with E-state index in [4.69, 9.17) is 0 Å². The molecular weight excluding hydrogens is 253 g/mol. The van der Waals surface area contributed by atoms with Gasteiger partial charge in [0.15, 0.2) is 0 Å². The number of nitrogens with zero attached hydrogens (tertiary/aromatic N) is 1. The molecule has 1 rings (SSSR count). The summed E-state index contributed by atoms with van der Waals surface area (Å²) in [6.45, 7) is 3.49. The predicted molar refractivity (Wildman–Crippen MR) is 52.2 cm³/mol. The molecule has 0 bridgehead atoms. The first kappa shape index (κ1) is 8.93. The molecule has 0 aliphatic heterocycles. The Labute approximate surface area is 79.8 Å². The molecule has 11 heavy (non-hydrogen) atoms. The molecule has 0 amide bonds. The van der Waals surface area contributed by atoms with Crippen LogP contribution in [0.1, 0.15) is 19.4 Å². The third kappa shape index (κ3) is 2.41. The zero-order valence-corrected chi connectivity index (χ0v) is 8.66. The minimum Gasteiger partial charge on any atom is -0.386 e. The van der Waals surface area contributed by atoms with Gasteiger partial charge in [-0.2, -0.15) is 0 Å². The summed E-state index contributed by atoms with van der Waals surface area (Å²) < 4.78 is 0.940. The molecule has 2 nitrogen and oxygen atoms in total.